The second-order valence-corrected chi connectivity index (χ2v) is 7.55. The second kappa shape index (κ2) is 10.6. The van der Waals surface area contributed by atoms with Gasteiger partial charge in [-0.15, -0.1) is 0 Å². The van der Waals surface area contributed by atoms with E-state index in [2.05, 4.69) is 27.7 Å². The lowest BCUT2D eigenvalue weighted by atomic mass is 10.1. The Kier molecular flexibility index (Phi) is 7.64. The van der Waals surface area contributed by atoms with Gasteiger partial charge in [-0.1, -0.05) is 48.5 Å². The van der Waals surface area contributed by atoms with Crippen molar-refractivity contribution in [2.45, 2.75) is 25.8 Å². The van der Waals surface area contributed by atoms with Crippen molar-refractivity contribution in [3.8, 4) is 0 Å². The summed E-state index contributed by atoms with van der Waals surface area (Å²) in [5.41, 5.74) is 2.09. The minimum atomic E-state index is -0.0244. The van der Waals surface area contributed by atoms with Crippen molar-refractivity contribution < 1.29 is 9.59 Å². The van der Waals surface area contributed by atoms with Crippen molar-refractivity contribution >= 4 is 17.6 Å². The van der Waals surface area contributed by atoms with Crippen LogP contribution in [0.3, 0.4) is 0 Å². The number of aryl methyl sites for hydroxylation is 1. The summed E-state index contributed by atoms with van der Waals surface area (Å²) in [5, 5.41) is 6.00. The van der Waals surface area contributed by atoms with Crippen molar-refractivity contribution in [3.63, 3.8) is 0 Å². The van der Waals surface area contributed by atoms with Crippen LogP contribution in [-0.2, 0) is 11.2 Å². The average Bonchev–Trinajstić information content (AvgIpc) is 2.74. The number of amides is 3. The maximum Gasteiger partial charge on any atom is 0.317 e. The molecular formula is C23H30N4O2. The maximum absolute atomic E-state index is 12.5. The molecule has 1 atom stereocenters. The quantitative estimate of drug-likeness (QED) is 0.759. The minimum Gasteiger partial charge on any atom is -0.336 e. The molecule has 154 valence electrons. The van der Waals surface area contributed by atoms with Crippen molar-refractivity contribution in [2.75, 3.05) is 38.0 Å². The van der Waals surface area contributed by atoms with Gasteiger partial charge in [0.05, 0.1) is 6.54 Å². The Labute approximate surface area is 172 Å². The van der Waals surface area contributed by atoms with Crippen LogP contribution in [0, 0.1) is 0 Å². The van der Waals surface area contributed by atoms with Gasteiger partial charge in [0.2, 0.25) is 5.91 Å². The van der Waals surface area contributed by atoms with Crippen LogP contribution in [0.5, 0.6) is 0 Å². The lowest BCUT2D eigenvalue weighted by Crippen LogP contribution is -2.54. The number of hydrogen-bond acceptors (Lipinski definition) is 3. The number of nitrogens with zero attached hydrogens (tertiary/aromatic N) is 2. The van der Waals surface area contributed by atoms with E-state index >= 15 is 0 Å². The van der Waals surface area contributed by atoms with E-state index < -0.39 is 0 Å². The standard InChI is InChI=1S/C23H30N4O2/c1-19(12-13-20-8-4-2-5-9-20)24-23(29)27-16-14-26(15-17-27)18-22(28)25-21-10-6-3-7-11-21/h2-11,19H,12-18H2,1H3,(H,24,29)(H,25,28). The zero-order valence-electron chi connectivity index (χ0n) is 17.0. The largest absolute Gasteiger partial charge is 0.336 e. The Bertz CT molecular complexity index is 774. The van der Waals surface area contributed by atoms with E-state index in [1.165, 1.54) is 5.56 Å². The van der Waals surface area contributed by atoms with E-state index in [-0.39, 0.29) is 18.0 Å². The number of carbonyl (C=O) groups excluding carboxylic acids is 2. The zero-order chi connectivity index (χ0) is 20.5. The van der Waals surface area contributed by atoms with Crippen LogP contribution in [-0.4, -0.2) is 60.5 Å². The molecule has 0 aliphatic carbocycles. The summed E-state index contributed by atoms with van der Waals surface area (Å²) in [6.07, 6.45) is 1.86. The molecule has 2 aromatic carbocycles. The second-order valence-electron chi connectivity index (χ2n) is 7.55. The first-order valence-electron chi connectivity index (χ1n) is 10.3. The van der Waals surface area contributed by atoms with Gasteiger partial charge in [0.1, 0.15) is 0 Å². The molecule has 0 saturated carbocycles. The molecule has 3 amide bonds. The number of benzene rings is 2. The summed E-state index contributed by atoms with van der Waals surface area (Å²) in [7, 11) is 0. The smallest absolute Gasteiger partial charge is 0.317 e. The number of hydrogen-bond donors (Lipinski definition) is 2. The lowest BCUT2D eigenvalue weighted by Gasteiger charge is -2.34. The number of anilines is 1. The van der Waals surface area contributed by atoms with Gasteiger partial charge < -0.3 is 15.5 Å². The third-order valence-electron chi connectivity index (χ3n) is 5.16. The topological polar surface area (TPSA) is 64.7 Å². The van der Waals surface area contributed by atoms with Crippen LogP contribution >= 0.6 is 0 Å². The summed E-state index contributed by atoms with van der Waals surface area (Å²) in [6, 6.07) is 19.9. The predicted octanol–water partition coefficient (Wildman–Crippen LogP) is 2.97. The number of carbonyl (C=O) groups is 2. The molecule has 0 radical (unpaired) electrons. The summed E-state index contributed by atoms with van der Waals surface area (Å²) in [4.78, 5) is 28.6. The van der Waals surface area contributed by atoms with Crippen LogP contribution in [0.4, 0.5) is 10.5 Å². The van der Waals surface area contributed by atoms with E-state index in [0.717, 1.165) is 18.5 Å². The summed E-state index contributed by atoms with van der Waals surface area (Å²) in [5.74, 6) is -0.0244. The maximum atomic E-state index is 12.5. The molecule has 1 unspecified atom stereocenters. The van der Waals surface area contributed by atoms with E-state index in [0.29, 0.717) is 32.7 Å². The first-order valence-corrected chi connectivity index (χ1v) is 10.3. The number of para-hydroxylation sites is 1. The van der Waals surface area contributed by atoms with Crippen LogP contribution in [0.2, 0.25) is 0 Å². The molecule has 0 bridgehead atoms. The highest BCUT2D eigenvalue weighted by Crippen LogP contribution is 2.08. The van der Waals surface area contributed by atoms with E-state index in [1.807, 2.05) is 60.4 Å². The Morgan fingerprint density at radius 3 is 2.21 bits per heavy atom. The van der Waals surface area contributed by atoms with Gasteiger partial charge in [-0.3, -0.25) is 9.69 Å². The number of rotatable bonds is 7. The molecular weight excluding hydrogens is 364 g/mol. The summed E-state index contributed by atoms with van der Waals surface area (Å²) >= 11 is 0. The van der Waals surface area contributed by atoms with Gasteiger partial charge in [0.15, 0.2) is 0 Å². The first-order chi connectivity index (χ1) is 14.1. The molecule has 0 aromatic heterocycles. The van der Waals surface area contributed by atoms with Gasteiger partial charge in [-0.05, 0) is 37.5 Å². The molecule has 1 aliphatic rings. The van der Waals surface area contributed by atoms with E-state index in [1.54, 1.807) is 0 Å². The van der Waals surface area contributed by atoms with Gasteiger partial charge in [0.25, 0.3) is 0 Å². The van der Waals surface area contributed by atoms with E-state index in [4.69, 9.17) is 0 Å². The van der Waals surface area contributed by atoms with Crippen LogP contribution < -0.4 is 10.6 Å². The molecule has 1 saturated heterocycles. The van der Waals surface area contributed by atoms with Gasteiger partial charge in [-0.25, -0.2) is 4.79 Å². The fourth-order valence-electron chi connectivity index (χ4n) is 3.44. The number of nitrogens with one attached hydrogen (secondary N) is 2. The highest BCUT2D eigenvalue weighted by Gasteiger charge is 2.23. The highest BCUT2D eigenvalue weighted by atomic mass is 16.2. The Hall–Kier alpha value is -2.86. The molecule has 0 spiro atoms. The third kappa shape index (κ3) is 6.91. The van der Waals surface area contributed by atoms with Crippen molar-refractivity contribution in [1.82, 2.24) is 15.1 Å². The SMILES string of the molecule is CC(CCc1ccccc1)NC(=O)N1CCN(CC(=O)Nc2ccccc2)CC1. The van der Waals surface area contributed by atoms with Gasteiger partial charge >= 0.3 is 6.03 Å². The molecule has 1 aliphatic heterocycles. The molecule has 1 fully saturated rings. The minimum absolute atomic E-state index is 0.0149. The average molecular weight is 395 g/mol. The molecule has 3 rings (SSSR count). The molecule has 29 heavy (non-hydrogen) atoms. The summed E-state index contributed by atoms with van der Waals surface area (Å²) < 4.78 is 0. The van der Waals surface area contributed by atoms with Crippen molar-refractivity contribution in [2.24, 2.45) is 0 Å². The fourth-order valence-corrected chi connectivity index (χ4v) is 3.44. The van der Waals surface area contributed by atoms with Gasteiger partial charge in [0, 0.05) is 37.9 Å². The number of piperazine rings is 1. The lowest BCUT2D eigenvalue weighted by molar-refractivity contribution is -0.117. The van der Waals surface area contributed by atoms with Crippen LogP contribution in [0.15, 0.2) is 60.7 Å². The molecule has 1 heterocycles. The van der Waals surface area contributed by atoms with E-state index in [9.17, 15) is 9.59 Å². The molecule has 2 N–H and O–H groups in total. The Morgan fingerprint density at radius 1 is 0.931 bits per heavy atom. The van der Waals surface area contributed by atoms with Crippen LogP contribution in [0.1, 0.15) is 18.9 Å². The molecule has 6 nitrogen and oxygen atoms in total. The van der Waals surface area contributed by atoms with Crippen LogP contribution in [0.25, 0.3) is 0 Å². The number of urea groups is 1. The predicted molar refractivity (Wildman–Crippen MR) is 116 cm³/mol. The highest BCUT2D eigenvalue weighted by molar-refractivity contribution is 5.92. The summed E-state index contributed by atoms with van der Waals surface area (Å²) in [6.45, 7) is 5.07. The zero-order valence-corrected chi connectivity index (χ0v) is 17.0. The third-order valence-corrected chi connectivity index (χ3v) is 5.16. The van der Waals surface area contributed by atoms with Crippen molar-refractivity contribution in [3.05, 3.63) is 66.2 Å². The van der Waals surface area contributed by atoms with Gasteiger partial charge in [-0.2, -0.15) is 0 Å². The molecule has 2 aromatic rings. The first kappa shape index (κ1) is 20.9. The van der Waals surface area contributed by atoms with Crippen molar-refractivity contribution in [1.29, 1.82) is 0 Å². The fraction of sp³-hybridized carbons (Fsp3) is 0.391. The Balaban J connectivity index is 1.35. The Morgan fingerprint density at radius 2 is 1.55 bits per heavy atom. The normalized spacial score (nSPS) is 15.6. The monoisotopic (exact) mass is 394 g/mol. The molecule has 6 heteroatoms.